The Hall–Kier alpha value is -2.02. The maximum absolute atomic E-state index is 11.9. The number of carboxylic acid groups (broad SMARTS) is 1. The van der Waals surface area contributed by atoms with E-state index in [2.05, 4.69) is 15.6 Å². The van der Waals surface area contributed by atoms with Crippen molar-refractivity contribution in [1.29, 1.82) is 0 Å². The lowest BCUT2D eigenvalue weighted by atomic mass is 10.3. The Bertz CT molecular complexity index is 463. The maximum Gasteiger partial charge on any atom is 0.354 e. The van der Waals surface area contributed by atoms with Crippen molar-refractivity contribution in [2.24, 2.45) is 0 Å². The lowest BCUT2D eigenvalue weighted by Gasteiger charge is -2.27. The van der Waals surface area contributed by atoms with Crippen LogP contribution in [-0.4, -0.2) is 53.2 Å². The van der Waals surface area contributed by atoms with Gasteiger partial charge in [-0.25, -0.2) is 9.59 Å². The van der Waals surface area contributed by atoms with Crippen molar-refractivity contribution >= 4 is 17.7 Å². The van der Waals surface area contributed by atoms with E-state index in [0.717, 1.165) is 13.1 Å². The minimum Gasteiger partial charge on any atom is -0.477 e. The molecule has 0 saturated carbocycles. The van der Waals surface area contributed by atoms with Crippen LogP contribution in [0.5, 0.6) is 0 Å². The standard InChI is InChI=1S/C11H16N4O3/c1-7-6-8(9(13-7)10(16)17)14-11(18)15-4-2-12-3-5-15/h6,12-13H,2-5H2,1H3,(H,14,18)(H,16,17). The summed E-state index contributed by atoms with van der Waals surface area (Å²) in [5, 5.41) is 14.8. The zero-order chi connectivity index (χ0) is 13.1. The second-order valence-corrected chi connectivity index (χ2v) is 4.21. The van der Waals surface area contributed by atoms with Gasteiger partial charge in [0, 0.05) is 31.9 Å². The first-order valence-electron chi connectivity index (χ1n) is 5.77. The number of aromatic amines is 1. The Balaban J connectivity index is 2.08. The molecule has 0 radical (unpaired) electrons. The molecule has 1 fully saturated rings. The molecule has 98 valence electrons. The lowest BCUT2D eigenvalue weighted by Crippen LogP contribution is -2.48. The van der Waals surface area contributed by atoms with E-state index in [9.17, 15) is 9.59 Å². The number of carbonyl (C=O) groups excluding carboxylic acids is 1. The number of carbonyl (C=O) groups is 2. The van der Waals surface area contributed by atoms with Crippen molar-refractivity contribution in [3.8, 4) is 0 Å². The molecule has 1 aromatic rings. The lowest BCUT2D eigenvalue weighted by molar-refractivity contribution is 0.0692. The van der Waals surface area contributed by atoms with Crippen molar-refractivity contribution < 1.29 is 14.7 Å². The number of aromatic nitrogens is 1. The van der Waals surface area contributed by atoms with Crippen molar-refractivity contribution in [1.82, 2.24) is 15.2 Å². The van der Waals surface area contributed by atoms with Crippen molar-refractivity contribution in [3.05, 3.63) is 17.5 Å². The minimum absolute atomic E-state index is 0.0102. The highest BCUT2D eigenvalue weighted by molar-refractivity contribution is 5.99. The predicted octanol–water partition coefficient (Wildman–Crippen LogP) is 0.458. The molecule has 1 aliphatic heterocycles. The van der Waals surface area contributed by atoms with Gasteiger partial charge in [-0.1, -0.05) is 0 Å². The third-order valence-electron chi connectivity index (χ3n) is 2.81. The van der Waals surface area contributed by atoms with Gasteiger partial charge in [-0.15, -0.1) is 0 Å². The Morgan fingerprint density at radius 2 is 2.06 bits per heavy atom. The monoisotopic (exact) mass is 252 g/mol. The van der Waals surface area contributed by atoms with Gasteiger partial charge in [-0.2, -0.15) is 0 Å². The first-order valence-corrected chi connectivity index (χ1v) is 5.77. The zero-order valence-electron chi connectivity index (χ0n) is 10.1. The van der Waals surface area contributed by atoms with Crippen LogP contribution in [0.2, 0.25) is 0 Å². The van der Waals surface area contributed by atoms with E-state index in [1.807, 2.05) is 0 Å². The van der Waals surface area contributed by atoms with E-state index < -0.39 is 5.97 Å². The number of aryl methyl sites for hydroxylation is 1. The Labute approximate surface area is 104 Å². The fourth-order valence-corrected chi connectivity index (χ4v) is 1.92. The molecule has 1 aliphatic rings. The molecule has 7 heteroatoms. The largest absolute Gasteiger partial charge is 0.477 e. The molecule has 0 spiro atoms. The quantitative estimate of drug-likeness (QED) is 0.614. The summed E-state index contributed by atoms with van der Waals surface area (Å²) in [6.45, 7) is 4.50. The topological polar surface area (TPSA) is 97.5 Å². The molecule has 1 saturated heterocycles. The summed E-state index contributed by atoms with van der Waals surface area (Å²) >= 11 is 0. The zero-order valence-corrected chi connectivity index (χ0v) is 10.1. The van der Waals surface area contributed by atoms with E-state index in [1.165, 1.54) is 0 Å². The summed E-state index contributed by atoms with van der Waals surface area (Å²) in [4.78, 5) is 27.3. The number of urea groups is 1. The van der Waals surface area contributed by atoms with Crippen LogP contribution in [0.4, 0.5) is 10.5 Å². The van der Waals surface area contributed by atoms with Gasteiger partial charge in [-0.3, -0.25) is 0 Å². The third-order valence-corrected chi connectivity index (χ3v) is 2.81. The van der Waals surface area contributed by atoms with E-state index in [4.69, 9.17) is 5.11 Å². The van der Waals surface area contributed by atoms with Crippen LogP contribution in [0, 0.1) is 6.92 Å². The van der Waals surface area contributed by atoms with E-state index in [1.54, 1.807) is 17.9 Å². The van der Waals surface area contributed by atoms with Gasteiger partial charge in [0.1, 0.15) is 5.69 Å². The van der Waals surface area contributed by atoms with Crippen LogP contribution in [0.1, 0.15) is 16.2 Å². The van der Waals surface area contributed by atoms with Gasteiger partial charge >= 0.3 is 12.0 Å². The molecule has 18 heavy (non-hydrogen) atoms. The smallest absolute Gasteiger partial charge is 0.354 e. The minimum atomic E-state index is -1.08. The number of aromatic carboxylic acids is 1. The summed E-state index contributed by atoms with van der Waals surface area (Å²) in [6.07, 6.45) is 0. The first kappa shape index (κ1) is 12.4. The van der Waals surface area contributed by atoms with Crippen LogP contribution >= 0.6 is 0 Å². The number of hydrogen-bond acceptors (Lipinski definition) is 3. The van der Waals surface area contributed by atoms with Crippen molar-refractivity contribution in [2.45, 2.75) is 6.92 Å². The maximum atomic E-state index is 11.9. The first-order chi connectivity index (χ1) is 8.58. The molecule has 2 heterocycles. The second kappa shape index (κ2) is 5.09. The van der Waals surface area contributed by atoms with Gasteiger partial charge < -0.3 is 25.6 Å². The highest BCUT2D eigenvalue weighted by Gasteiger charge is 2.20. The normalized spacial score (nSPS) is 15.5. The summed E-state index contributed by atoms with van der Waals surface area (Å²) in [5.74, 6) is -1.08. The van der Waals surface area contributed by atoms with Crippen LogP contribution in [0.15, 0.2) is 6.07 Å². The average Bonchev–Trinajstić information content (AvgIpc) is 2.71. The summed E-state index contributed by atoms with van der Waals surface area (Å²) in [5.41, 5.74) is 1.02. The second-order valence-electron chi connectivity index (χ2n) is 4.21. The Morgan fingerprint density at radius 1 is 1.39 bits per heavy atom. The number of carboxylic acids is 1. The number of hydrogen-bond donors (Lipinski definition) is 4. The fraction of sp³-hybridized carbons (Fsp3) is 0.455. The highest BCUT2D eigenvalue weighted by Crippen LogP contribution is 2.17. The Morgan fingerprint density at radius 3 is 2.67 bits per heavy atom. The predicted molar refractivity (Wildman–Crippen MR) is 66.0 cm³/mol. The molecule has 7 nitrogen and oxygen atoms in total. The molecule has 2 amide bonds. The molecule has 0 aromatic carbocycles. The van der Waals surface area contributed by atoms with Crippen LogP contribution in [0.3, 0.4) is 0 Å². The molecule has 0 atom stereocenters. The molecule has 2 rings (SSSR count). The summed E-state index contributed by atoms with van der Waals surface area (Å²) < 4.78 is 0. The fourth-order valence-electron chi connectivity index (χ4n) is 1.92. The molecule has 0 unspecified atom stereocenters. The van der Waals surface area contributed by atoms with Crippen molar-refractivity contribution in [3.63, 3.8) is 0 Å². The Kier molecular flexibility index (Phi) is 3.52. The van der Waals surface area contributed by atoms with E-state index in [0.29, 0.717) is 24.5 Å². The van der Waals surface area contributed by atoms with Gasteiger partial charge in [-0.05, 0) is 13.0 Å². The van der Waals surface area contributed by atoms with E-state index in [-0.39, 0.29) is 11.7 Å². The van der Waals surface area contributed by atoms with Crippen LogP contribution in [0.25, 0.3) is 0 Å². The highest BCUT2D eigenvalue weighted by atomic mass is 16.4. The number of rotatable bonds is 2. The van der Waals surface area contributed by atoms with Crippen molar-refractivity contribution in [2.75, 3.05) is 31.5 Å². The number of nitrogens with zero attached hydrogens (tertiary/aromatic N) is 1. The average molecular weight is 252 g/mol. The summed E-state index contributed by atoms with van der Waals surface area (Å²) in [7, 11) is 0. The summed E-state index contributed by atoms with van der Waals surface area (Å²) in [6, 6.07) is 1.35. The number of nitrogens with one attached hydrogen (secondary N) is 3. The molecular formula is C11H16N4O3. The van der Waals surface area contributed by atoms with Gasteiger partial charge in [0.05, 0.1) is 5.69 Å². The van der Waals surface area contributed by atoms with Gasteiger partial charge in [0.2, 0.25) is 0 Å². The van der Waals surface area contributed by atoms with E-state index >= 15 is 0 Å². The molecular weight excluding hydrogens is 236 g/mol. The van der Waals surface area contributed by atoms with Gasteiger partial charge in [0.15, 0.2) is 0 Å². The van der Waals surface area contributed by atoms with Crippen LogP contribution in [-0.2, 0) is 0 Å². The molecule has 0 bridgehead atoms. The number of piperazine rings is 1. The number of anilines is 1. The third kappa shape index (κ3) is 2.62. The SMILES string of the molecule is Cc1cc(NC(=O)N2CCNCC2)c(C(=O)O)[nH]1. The van der Waals surface area contributed by atoms with Crippen LogP contribution < -0.4 is 10.6 Å². The van der Waals surface area contributed by atoms with Gasteiger partial charge in [0.25, 0.3) is 0 Å². The number of amides is 2. The molecule has 1 aromatic heterocycles. The number of H-pyrrole nitrogens is 1. The molecule has 4 N–H and O–H groups in total. The molecule has 0 aliphatic carbocycles.